The number of pyridine rings is 2. The summed E-state index contributed by atoms with van der Waals surface area (Å²) in [5.41, 5.74) is 0.162. The first kappa shape index (κ1) is 23.8. The largest absolute Gasteiger partial charge is 0.472 e. The van der Waals surface area contributed by atoms with E-state index in [0.29, 0.717) is 28.7 Å². The number of hydrogen-bond donors (Lipinski definition) is 1. The predicted molar refractivity (Wildman–Crippen MR) is 132 cm³/mol. The van der Waals surface area contributed by atoms with E-state index in [4.69, 9.17) is 26.1 Å². The molecule has 184 valence electrons. The van der Waals surface area contributed by atoms with Crippen LogP contribution in [-0.2, 0) is 11.3 Å². The topological polar surface area (TPSA) is 102 Å². The van der Waals surface area contributed by atoms with Crippen molar-refractivity contribution in [3.05, 3.63) is 34.9 Å². The van der Waals surface area contributed by atoms with Crippen LogP contribution in [-0.4, -0.2) is 50.0 Å². The molecule has 1 fully saturated rings. The Kier molecular flexibility index (Phi) is 6.08. The number of nitrogens with one attached hydrogen (secondary N) is 1. The summed E-state index contributed by atoms with van der Waals surface area (Å²) >= 11 is 7.38. The molecule has 0 bridgehead atoms. The molecule has 1 aliphatic carbocycles. The van der Waals surface area contributed by atoms with E-state index in [1.165, 1.54) is 11.8 Å². The molecular weight excluding hydrogens is 495 g/mol. The zero-order valence-electron chi connectivity index (χ0n) is 19.6. The molecule has 12 heteroatoms. The van der Waals surface area contributed by atoms with E-state index in [-0.39, 0.29) is 28.7 Å². The number of fused-ring (bicyclic) bond motifs is 1. The Bertz CT molecular complexity index is 1320. The lowest BCUT2D eigenvalue weighted by Gasteiger charge is -2.42. The smallest absolute Gasteiger partial charge is 0.413 e. The van der Waals surface area contributed by atoms with Crippen LogP contribution in [0.2, 0.25) is 5.15 Å². The molecule has 3 aromatic rings. The molecule has 1 N–H and O–H groups in total. The van der Waals surface area contributed by atoms with Crippen LogP contribution in [0.3, 0.4) is 0 Å². The highest BCUT2D eigenvalue weighted by Crippen LogP contribution is 2.45. The van der Waals surface area contributed by atoms with E-state index in [9.17, 15) is 4.79 Å². The second-order valence-electron chi connectivity index (χ2n) is 9.35. The van der Waals surface area contributed by atoms with Crippen LogP contribution in [0.25, 0.3) is 10.9 Å². The SMILES string of the molecule is CSc1nc2c3c(nc(Cl)c(F)c3n1)O[C@H]1CC[C@H]1N2Cc1cccnc1NC(=O)OC(C)(C)C. The van der Waals surface area contributed by atoms with Gasteiger partial charge in [0.15, 0.2) is 16.1 Å². The molecule has 1 saturated carbocycles. The van der Waals surface area contributed by atoms with Gasteiger partial charge in [-0.2, -0.15) is 4.98 Å². The van der Waals surface area contributed by atoms with E-state index >= 15 is 4.39 Å². The minimum Gasteiger partial charge on any atom is -0.472 e. The number of carbonyl (C=O) groups excluding carboxylic acids is 1. The Morgan fingerprint density at radius 3 is 2.83 bits per heavy atom. The van der Waals surface area contributed by atoms with Gasteiger partial charge in [0.2, 0.25) is 5.88 Å². The lowest BCUT2D eigenvalue weighted by atomic mass is 9.87. The third-order valence-electron chi connectivity index (χ3n) is 5.82. The first-order valence-electron chi connectivity index (χ1n) is 11.1. The van der Waals surface area contributed by atoms with Gasteiger partial charge < -0.3 is 14.4 Å². The third kappa shape index (κ3) is 4.54. The molecule has 0 radical (unpaired) electrons. The fourth-order valence-electron chi connectivity index (χ4n) is 4.16. The first-order valence-corrected chi connectivity index (χ1v) is 12.7. The lowest BCUT2D eigenvalue weighted by Crippen LogP contribution is -2.52. The molecule has 1 amide bonds. The number of hydrogen-bond acceptors (Lipinski definition) is 9. The van der Waals surface area contributed by atoms with Gasteiger partial charge in [0.25, 0.3) is 0 Å². The van der Waals surface area contributed by atoms with E-state index in [0.717, 1.165) is 18.4 Å². The monoisotopic (exact) mass is 518 g/mol. The van der Waals surface area contributed by atoms with Crippen LogP contribution < -0.4 is 15.0 Å². The van der Waals surface area contributed by atoms with E-state index in [1.807, 2.05) is 12.3 Å². The molecule has 2 aliphatic rings. The molecule has 0 unspecified atom stereocenters. The highest BCUT2D eigenvalue weighted by atomic mass is 35.5. The van der Waals surface area contributed by atoms with Crippen LogP contribution in [0, 0.1) is 5.82 Å². The summed E-state index contributed by atoms with van der Waals surface area (Å²) in [5, 5.41) is 3.24. The van der Waals surface area contributed by atoms with Gasteiger partial charge in [-0.3, -0.25) is 5.32 Å². The molecular formula is C23H24ClFN6O3S. The van der Waals surface area contributed by atoms with Crippen LogP contribution in [0.5, 0.6) is 5.88 Å². The predicted octanol–water partition coefficient (Wildman–Crippen LogP) is 5.21. The Morgan fingerprint density at radius 2 is 2.14 bits per heavy atom. The summed E-state index contributed by atoms with van der Waals surface area (Å²) in [5.74, 6) is 0.399. The number of amides is 1. The molecule has 3 aromatic heterocycles. The van der Waals surface area contributed by atoms with Crippen molar-refractivity contribution < 1.29 is 18.7 Å². The normalized spacial score (nSPS) is 18.9. The quantitative estimate of drug-likeness (QED) is 0.283. The van der Waals surface area contributed by atoms with Crippen LogP contribution in [0.15, 0.2) is 23.5 Å². The summed E-state index contributed by atoms with van der Waals surface area (Å²) < 4.78 is 26.6. The number of ether oxygens (including phenoxy) is 2. The average Bonchev–Trinajstić information content (AvgIpc) is 2.85. The molecule has 5 rings (SSSR count). The standard InChI is InChI=1S/C23H24ClFN6O3S/c1-23(2,3)34-22(32)29-18-11(6-5-9-26-18)10-31-12-7-8-13(12)33-20-14-16(15(25)17(24)28-20)27-21(35-4)30-19(14)31/h5-6,9,12-13H,7-8,10H2,1-4H3,(H,26,29,32)/t12-,13+/m1/s1. The minimum absolute atomic E-state index is 0.0339. The van der Waals surface area contributed by atoms with Crippen molar-refractivity contribution in [2.24, 2.45) is 0 Å². The Morgan fingerprint density at radius 1 is 1.34 bits per heavy atom. The second-order valence-corrected chi connectivity index (χ2v) is 10.5. The summed E-state index contributed by atoms with van der Waals surface area (Å²) in [4.78, 5) is 32.1. The maximum absolute atomic E-state index is 15.0. The van der Waals surface area contributed by atoms with Crippen LogP contribution in [0.4, 0.5) is 20.8 Å². The zero-order chi connectivity index (χ0) is 24.9. The number of rotatable bonds is 4. The molecule has 35 heavy (non-hydrogen) atoms. The summed E-state index contributed by atoms with van der Waals surface area (Å²) in [7, 11) is 0. The number of aromatic nitrogens is 4. The van der Waals surface area contributed by atoms with Crippen molar-refractivity contribution in [2.45, 2.75) is 63.1 Å². The second kappa shape index (κ2) is 8.94. The van der Waals surface area contributed by atoms with Crippen LogP contribution >= 0.6 is 23.4 Å². The van der Waals surface area contributed by atoms with Gasteiger partial charge in [0.05, 0.1) is 6.04 Å². The molecule has 1 aliphatic heterocycles. The average molecular weight is 519 g/mol. The van der Waals surface area contributed by atoms with Crippen molar-refractivity contribution in [3.63, 3.8) is 0 Å². The third-order valence-corrected chi connectivity index (χ3v) is 6.62. The van der Waals surface area contributed by atoms with Crippen LogP contribution in [0.1, 0.15) is 39.2 Å². The fourth-order valence-corrected chi connectivity index (χ4v) is 4.69. The first-order chi connectivity index (χ1) is 16.6. The maximum atomic E-state index is 15.0. The highest BCUT2D eigenvalue weighted by Gasteiger charge is 2.43. The van der Waals surface area contributed by atoms with Crippen molar-refractivity contribution >= 4 is 52.0 Å². The van der Waals surface area contributed by atoms with Gasteiger partial charge in [0, 0.05) is 18.3 Å². The van der Waals surface area contributed by atoms with E-state index in [2.05, 4.69) is 25.2 Å². The molecule has 0 aromatic carbocycles. The van der Waals surface area contributed by atoms with Gasteiger partial charge in [0.1, 0.15) is 34.2 Å². The Balaban J connectivity index is 1.59. The zero-order valence-corrected chi connectivity index (χ0v) is 21.2. The minimum atomic E-state index is -0.712. The number of nitrogens with zero attached hydrogens (tertiary/aromatic N) is 5. The van der Waals surface area contributed by atoms with Crippen molar-refractivity contribution in [1.29, 1.82) is 0 Å². The summed E-state index contributed by atoms with van der Waals surface area (Å²) in [6.07, 6.45) is 4.31. The van der Waals surface area contributed by atoms with Crippen molar-refractivity contribution in [1.82, 2.24) is 19.9 Å². The lowest BCUT2D eigenvalue weighted by molar-refractivity contribution is 0.0635. The molecule has 9 nitrogen and oxygen atoms in total. The Hall–Kier alpha value is -2.92. The molecule has 4 heterocycles. The summed E-state index contributed by atoms with van der Waals surface area (Å²) in [6.45, 7) is 5.72. The fraction of sp³-hybridized carbons (Fsp3) is 0.435. The molecule has 0 saturated heterocycles. The van der Waals surface area contributed by atoms with E-state index < -0.39 is 17.5 Å². The summed E-state index contributed by atoms with van der Waals surface area (Å²) in [6, 6.07) is 3.63. The molecule has 2 atom stereocenters. The van der Waals surface area contributed by atoms with Crippen molar-refractivity contribution in [2.75, 3.05) is 16.5 Å². The van der Waals surface area contributed by atoms with Gasteiger partial charge in [-0.15, -0.1) is 0 Å². The Labute approximate surface area is 210 Å². The van der Waals surface area contributed by atoms with Gasteiger partial charge in [-0.1, -0.05) is 29.4 Å². The van der Waals surface area contributed by atoms with Gasteiger partial charge in [-0.05, 0) is 45.9 Å². The molecule has 0 spiro atoms. The number of carbonyl (C=O) groups is 1. The maximum Gasteiger partial charge on any atom is 0.413 e. The number of halogens is 2. The van der Waals surface area contributed by atoms with Crippen molar-refractivity contribution in [3.8, 4) is 5.88 Å². The van der Waals surface area contributed by atoms with Gasteiger partial charge >= 0.3 is 6.09 Å². The number of anilines is 2. The van der Waals surface area contributed by atoms with Gasteiger partial charge in [-0.25, -0.2) is 24.1 Å². The van der Waals surface area contributed by atoms with E-state index in [1.54, 1.807) is 33.0 Å². The highest BCUT2D eigenvalue weighted by molar-refractivity contribution is 7.98. The number of thioether (sulfide) groups is 1.